The van der Waals surface area contributed by atoms with Crippen LogP contribution in [-0.2, 0) is 4.79 Å². The quantitative estimate of drug-likeness (QED) is 0.893. The summed E-state index contributed by atoms with van der Waals surface area (Å²) < 4.78 is 0.793. The van der Waals surface area contributed by atoms with Crippen LogP contribution < -0.4 is 5.32 Å². The summed E-state index contributed by atoms with van der Waals surface area (Å²) in [4.78, 5) is 11.9. The zero-order valence-corrected chi connectivity index (χ0v) is 12.1. The summed E-state index contributed by atoms with van der Waals surface area (Å²) >= 11 is 9.27. The number of halogens is 2. The average molecular weight is 341 g/mol. The zero-order valence-electron chi connectivity index (χ0n) is 9.81. The molecular formula is C14H11BrClNO2. The van der Waals surface area contributed by atoms with Crippen molar-refractivity contribution in [2.45, 2.75) is 6.10 Å². The van der Waals surface area contributed by atoms with Gasteiger partial charge in [-0.1, -0.05) is 57.9 Å². The Hall–Kier alpha value is -1.36. The summed E-state index contributed by atoms with van der Waals surface area (Å²) in [5.74, 6) is -0.522. The maximum Gasteiger partial charge on any atom is 0.257 e. The van der Waals surface area contributed by atoms with Crippen LogP contribution in [0, 0.1) is 0 Å². The molecule has 1 unspecified atom stereocenters. The number of carbonyl (C=O) groups is 1. The molecular weight excluding hydrogens is 330 g/mol. The van der Waals surface area contributed by atoms with E-state index in [2.05, 4.69) is 21.2 Å². The van der Waals surface area contributed by atoms with Crippen LogP contribution in [0.3, 0.4) is 0 Å². The highest BCUT2D eigenvalue weighted by Crippen LogP contribution is 2.26. The van der Waals surface area contributed by atoms with Gasteiger partial charge in [-0.05, 0) is 23.8 Å². The first-order valence-electron chi connectivity index (χ1n) is 5.57. The fourth-order valence-corrected chi connectivity index (χ4v) is 2.11. The average Bonchev–Trinajstić information content (AvgIpc) is 2.43. The minimum Gasteiger partial charge on any atom is -0.378 e. The fraction of sp³-hybridized carbons (Fsp3) is 0.0714. The normalized spacial score (nSPS) is 11.9. The maximum atomic E-state index is 11.9. The van der Waals surface area contributed by atoms with Crippen LogP contribution in [0.4, 0.5) is 5.69 Å². The molecule has 0 spiro atoms. The number of rotatable bonds is 3. The van der Waals surface area contributed by atoms with Gasteiger partial charge in [0.05, 0.1) is 10.7 Å². The summed E-state index contributed by atoms with van der Waals surface area (Å²) in [5.41, 5.74) is 0.988. The van der Waals surface area contributed by atoms with Crippen molar-refractivity contribution in [2.24, 2.45) is 0 Å². The number of amides is 1. The maximum absolute atomic E-state index is 11.9. The van der Waals surface area contributed by atoms with Gasteiger partial charge in [0.2, 0.25) is 0 Å². The molecule has 2 aromatic carbocycles. The second-order valence-electron chi connectivity index (χ2n) is 3.93. The van der Waals surface area contributed by atoms with E-state index in [1.807, 2.05) is 6.07 Å². The summed E-state index contributed by atoms with van der Waals surface area (Å²) in [5, 5.41) is 13.0. The van der Waals surface area contributed by atoms with Gasteiger partial charge in [-0.2, -0.15) is 0 Å². The van der Waals surface area contributed by atoms with E-state index in [1.54, 1.807) is 42.5 Å². The van der Waals surface area contributed by atoms with Crippen LogP contribution in [0.5, 0.6) is 0 Å². The predicted octanol–water partition coefficient (Wildman–Crippen LogP) is 3.77. The molecule has 2 rings (SSSR count). The largest absolute Gasteiger partial charge is 0.378 e. The summed E-state index contributed by atoms with van der Waals surface area (Å²) in [6.45, 7) is 0. The van der Waals surface area contributed by atoms with Gasteiger partial charge in [-0.25, -0.2) is 0 Å². The lowest BCUT2D eigenvalue weighted by atomic mass is 10.1. The van der Waals surface area contributed by atoms with E-state index in [9.17, 15) is 9.90 Å². The second kappa shape index (κ2) is 6.19. The van der Waals surface area contributed by atoms with Crippen molar-refractivity contribution < 1.29 is 9.90 Å². The van der Waals surface area contributed by atoms with Crippen molar-refractivity contribution in [2.75, 3.05) is 5.32 Å². The Balaban J connectivity index is 2.15. The van der Waals surface area contributed by atoms with Crippen LogP contribution >= 0.6 is 27.5 Å². The molecule has 2 aromatic rings. The first-order valence-corrected chi connectivity index (χ1v) is 6.74. The zero-order chi connectivity index (χ0) is 13.8. The van der Waals surface area contributed by atoms with Crippen molar-refractivity contribution in [1.29, 1.82) is 0 Å². The van der Waals surface area contributed by atoms with Crippen LogP contribution in [0.2, 0.25) is 5.02 Å². The molecule has 0 heterocycles. The lowest BCUT2D eigenvalue weighted by Gasteiger charge is -2.12. The van der Waals surface area contributed by atoms with Crippen molar-refractivity contribution in [3.8, 4) is 0 Å². The SMILES string of the molecule is O=C(Nc1cc(Br)ccc1Cl)C(O)c1ccccc1. The standard InChI is InChI=1S/C14H11BrClNO2/c15-10-6-7-11(16)12(8-10)17-14(19)13(18)9-4-2-1-3-5-9/h1-8,13,18H,(H,17,19). The third-order valence-corrected chi connectivity index (χ3v) is 3.37. The van der Waals surface area contributed by atoms with Crippen LogP contribution in [0.15, 0.2) is 53.0 Å². The Bertz CT molecular complexity index is 589. The number of carbonyl (C=O) groups excluding carboxylic acids is 1. The number of aliphatic hydroxyl groups is 1. The Morgan fingerprint density at radius 1 is 1.21 bits per heavy atom. The van der Waals surface area contributed by atoms with E-state index in [1.165, 1.54) is 0 Å². The number of hydrogen-bond acceptors (Lipinski definition) is 2. The van der Waals surface area contributed by atoms with Crippen LogP contribution in [0.1, 0.15) is 11.7 Å². The molecule has 0 saturated heterocycles. The summed E-state index contributed by atoms with van der Waals surface area (Å²) in [6.07, 6.45) is -1.23. The van der Waals surface area contributed by atoms with Crippen LogP contribution in [-0.4, -0.2) is 11.0 Å². The molecule has 2 N–H and O–H groups in total. The smallest absolute Gasteiger partial charge is 0.257 e. The predicted molar refractivity (Wildman–Crippen MR) is 79.2 cm³/mol. The topological polar surface area (TPSA) is 49.3 Å². The Kier molecular flexibility index (Phi) is 4.58. The molecule has 0 saturated carbocycles. The second-order valence-corrected chi connectivity index (χ2v) is 5.25. The lowest BCUT2D eigenvalue weighted by molar-refractivity contribution is -0.124. The van der Waals surface area contributed by atoms with Crippen molar-refractivity contribution in [1.82, 2.24) is 0 Å². The highest BCUT2D eigenvalue weighted by atomic mass is 79.9. The van der Waals surface area contributed by atoms with E-state index in [0.29, 0.717) is 16.3 Å². The molecule has 0 aliphatic carbocycles. The van der Waals surface area contributed by atoms with Crippen molar-refractivity contribution >= 4 is 39.1 Å². The van der Waals surface area contributed by atoms with E-state index < -0.39 is 12.0 Å². The van der Waals surface area contributed by atoms with Gasteiger partial charge in [0, 0.05) is 4.47 Å². The monoisotopic (exact) mass is 339 g/mol. The molecule has 3 nitrogen and oxygen atoms in total. The summed E-state index contributed by atoms with van der Waals surface area (Å²) in [6, 6.07) is 13.8. The number of anilines is 1. The van der Waals surface area contributed by atoms with Gasteiger partial charge in [0.15, 0.2) is 6.10 Å². The van der Waals surface area contributed by atoms with E-state index in [4.69, 9.17) is 11.6 Å². The minimum atomic E-state index is -1.23. The molecule has 0 bridgehead atoms. The Morgan fingerprint density at radius 2 is 1.89 bits per heavy atom. The third-order valence-electron chi connectivity index (χ3n) is 2.55. The van der Waals surface area contributed by atoms with Gasteiger partial charge in [0.25, 0.3) is 5.91 Å². The van der Waals surface area contributed by atoms with E-state index in [0.717, 1.165) is 4.47 Å². The molecule has 0 radical (unpaired) electrons. The van der Waals surface area contributed by atoms with Gasteiger partial charge in [-0.3, -0.25) is 4.79 Å². The van der Waals surface area contributed by atoms with E-state index >= 15 is 0 Å². The third kappa shape index (κ3) is 3.56. The molecule has 0 aromatic heterocycles. The molecule has 98 valence electrons. The summed E-state index contributed by atoms with van der Waals surface area (Å²) in [7, 11) is 0. The fourth-order valence-electron chi connectivity index (χ4n) is 1.58. The number of hydrogen-bond donors (Lipinski definition) is 2. The molecule has 5 heteroatoms. The lowest BCUT2D eigenvalue weighted by Crippen LogP contribution is -2.20. The number of aliphatic hydroxyl groups excluding tert-OH is 1. The molecule has 0 aliphatic heterocycles. The van der Waals surface area contributed by atoms with Gasteiger partial charge in [0.1, 0.15) is 0 Å². The van der Waals surface area contributed by atoms with E-state index in [-0.39, 0.29) is 0 Å². The molecule has 1 atom stereocenters. The van der Waals surface area contributed by atoms with Crippen molar-refractivity contribution in [3.05, 3.63) is 63.6 Å². The number of nitrogens with one attached hydrogen (secondary N) is 1. The molecule has 19 heavy (non-hydrogen) atoms. The minimum absolute atomic E-state index is 0.414. The molecule has 0 fully saturated rings. The Morgan fingerprint density at radius 3 is 2.58 bits per heavy atom. The first-order chi connectivity index (χ1) is 9.08. The van der Waals surface area contributed by atoms with Crippen LogP contribution in [0.25, 0.3) is 0 Å². The highest BCUT2D eigenvalue weighted by molar-refractivity contribution is 9.10. The Labute approximate surface area is 124 Å². The van der Waals surface area contributed by atoms with Gasteiger partial charge in [-0.15, -0.1) is 0 Å². The first kappa shape index (κ1) is 14.1. The van der Waals surface area contributed by atoms with Gasteiger partial charge >= 0.3 is 0 Å². The van der Waals surface area contributed by atoms with Crippen molar-refractivity contribution in [3.63, 3.8) is 0 Å². The highest BCUT2D eigenvalue weighted by Gasteiger charge is 2.18. The van der Waals surface area contributed by atoms with Gasteiger partial charge < -0.3 is 10.4 Å². The number of benzene rings is 2. The molecule has 0 aliphatic rings. The molecule has 1 amide bonds.